The van der Waals surface area contributed by atoms with E-state index in [4.69, 9.17) is 4.74 Å². The van der Waals surface area contributed by atoms with Gasteiger partial charge in [-0.3, -0.25) is 4.99 Å². The molecule has 4 N–H and O–H groups in total. The van der Waals surface area contributed by atoms with Crippen molar-refractivity contribution < 1.29 is 17.9 Å². The van der Waals surface area contributed by atoms with Gasteiger partial charge in [0.2, 0.25) is 10.0 Å². The van der Waals surface area contributed by atoms with Gasteiger partial charge in [0, 0.05) is 26.7 Å². The van der Waals surface area contributed by atoms with Crippen molar-refractivity contribution in [3.8, 4) is 0 Å². The van der Waals surface area contributed by atoms with Gasteiger partial charge in [0.05, 0.1) is 11.3 Å². The smallest absolute Gasteiger partial charge is 0.408 e. The lowest BCUT2D eigenvalue weighted by Gasteiger charge is -2.34. The predicted molar refractivity (Wildman–Crippen MR) is 125 cm³/mol. The summed E-state index contributed by atoms with van der Waals surface area (Å²) in [6.45, 7) is 12.2. The zero-order chi connectivity index (χ0) is 21.1. The van der Waals surface area contributed by atoms with Crippen LogP contribution in [0.4, 0.5) is 4.79 Å². The van der Waals surface area contributed by atoms with Crippen molar-refractivity contribution in [1.82, 2.24) is 20.7 Å². The lowest BCUT2D eigenvalue weighted by Crippen LogP contribution is -2.57. The van der Waals surface area contributed by atoms with Gasteiger partial charge in [-0.15, -0.1) is 24.0 Å². The van der Waals surface area contributed by atoms with Gasteiger partial charge < -0.3 is 20.7 Å². The van der Waals surface area contributed by atoms with Crippen LogP contribution in [0, 0.1) is 0 Å². The van der Waals surface area contributed by atoms with Crippen LogP contribution in [-0.4, -0.2) is 64.0 Å². The van der Waals surface area contributed by atoms with Gasteiger partial charge in [-0.1, -0.05) is 13.8 Å². The summed E-state index contributed by atoms with van der Waals surface area (Å²) >= 11 is 0. The third-order valence-corrected chi connectivity index (χ3v) is 5.46. The van der Waals surface area contributed by atoms with Gasteiger partial charge in [-0.05, 0) is 40.5 Å². The summed E-state index contributed by atoms with van der Waals surface area (Å²) in [5, 5.41) is 9.19. The average Bonchev–Trinajstić information content (AvgIpc) is 2.58. The van der Waals surface area contributed by atoms with Crippen LogP contribution < -0.4 is 20.7 Å². The normalized spacial score (nSPS) is 12.8. The highest BCUT2D eigenvalue weighted by molar-refractivity contribution is 14.0. The summed E-state index contributed by atoms with van der Waals surface area (Å²) < 4.78 is 30.7. The molecule has 0 aromatic carbocycles. The Morgan fingerprint density at radius 2 is 1.61 bits per heavy atom. The molecule has 0 radical (unpaired) electrons. The van der Waals surface area contributed by atoms with E-state index in [1.165, 1.54) is 0 Å². The molecule has 9 nitrogen and oxygen atoms in total. The number of nitrogens with one attached hydrogen (secondary N) is 4. The van der Waals surface area contributed by atoms with Crippen molar-refractivity contribution in [2.75, 3.05) is 32.4 Å². The van der Waals surface area contributed by atoms with E-state index >= 15 is 0 Å². The van der Waals surface area contributed by atoms with Gasteiger partial charge in [0.1, 0.15) is 5.60 Å². The number of nitrogens with zero attached hydrogens (tertiary/aromatic N) is 1. The van der Waals surface area contributed by atoms with E-state index in [2.05, 4.69) is 25.7 Å². The largest absolute Gasteiger partial charge is 0.444 e. The Morgan fingerprint density at radius 3 is 2.04 bits per heavy atom. The van der Waals surface area contributed by atoms with Gasteiger partial charge in [0.25, 0.3) is 0 Å². The number of ether oxygens (including phenoxy) is 1. The van der Waals surface area contributed by atoms with E-state index in [0.717, 1.165) is 0 Å². The van der Waals surface area contributed by atoms with Crippen molar-refractivity contribution in [2.24, 2.45) is 4.99 Å². The highest BCUT2D eigenvalue weighted by atomic mass is 127. The minimum Gasteiger partial charge on any atom is -0.444 e. The highest BCUT2D eigenvalue weighted by Crippen LogP contribution is 2.16. The lowest BCUT2D eigenvalue weighted by atomic mass is 9.93. The van der Waals surface area contributed by atoms with Crippen LogP contribution in [0.5, 0.6) is 0 Å². The molecule has 0 unspecified atom stereocenters. The number of carbonyl (C=O) groups is 1. The zero-order valence-corrected chi connectivity index (χ0v) is 21.3. The van der Waals surface area contributed by atoms with E-state index < -0.39 is 27.3 Å². The topological polar surface area (TPSA) is 121 Å². The maximum Gasteiger partial charge on any atom is 0.408 e. The zero-order valence-electron chi connectivity index (χ0n) is 18.1. The molecule has 11 heteroatoms. The molecule has 0 aliphatic heterocycles. The molecule has 0 spiro atoms. The number of amides is 1. The van der Waals surface area contributed by atoms with Gasteiger partial charge in [0.15, 0.2) is 5.96 Å². The number of aliphatic imine (C=N–C) groups is 1. The third-order valence-electron chi connectivity index (χ3n) is 4.06. The Hall–Kier alpha value is -0.820. The molecule has 28 heavy (non-hydrogen) atoms. The molecular formula is C17H38IN5O4S. The predicted octanol–water partition coefficient (Wildman–Crippen LogP) is 1.79. The van der Waals surface area contributed by atoms with Gasteiger partial charge >= 0.3 is 6.09 Å². The molecule has 0 fully saturated rings. The number of hydrogen-bond donors (Lipinski definition) is 4. The minimum absolute atomic E-state index is 0. The number of halogens is 1. The van der Waals surface area contributed by atoms with E-state index in [1.54, 1.807) is 14.0 Å². The minimum atomic E-state index is -3.21. The first-order valence-electron chi connectivity index (χ1n) is 9.35. The molecular weight excluding hydrogens is 497 g/mol. The van der Waals surface area contributed by atoms with Crippen LogP contribution in [0.2, 0.25) is 0 Å². The molecule has 0 rings (SSSR count). The third kappa shape index (κ3) is 12.6. The summed E-state index contributed by atoms with van der Waals surface area (Å²) in [5.41, 5.74) is -1.04. The number of hydrogen-bond acceptors (Lipinski definition) is 5. The van der Waals surface area contributed by atoms with Crippen LogP contribution in [0.1, 0.15) is 54.4 Å². The van der Waals surface area contributed by atoms with Crippen LogP contribution in [0.15, 0.2) is 4.99 Å². The second-order valence-electron chi connectivity index (χ2n) is 7.26. The van der Waals surface area contributed by atoms with E-state index in [0.29, 0.717) is 31.9 Å². The molecule has 0 bridgehead atoms. The first-order chi connectivity index (χ1) is 12.4. The molecule has 0 aliphatic carbocycles. The van der Waals surface area contributed by atoms with Crippen LogP contribution in [-0.2, 0) is 14.8 Å². The molecule has 168 valence electrons. The standard InChI is InChI=1S/C17H37N5O4S.HI/c1-8-17(9-2,22-15(23)26-16(4,5)6)13-20-14(18-7)19-11-12-21-27(24,25)10-3;/h21H,8-13H2,1-7H3,(H,22,23)(H2,18,19,20);1H. The Labute approximate surface area is 187 Å². The van der Waals surface area contributed by atoms with Crippen LogP contribution in [0.3, 0.4) is 0 Å². The fourth-order valence-corrected chi connectivity index (χ4v) is 2.82. The number of carbonyl (C=O) groups excluding carboxylic acids is 1. The Balaban J connectivity index is 0. The van der Waals surface area contributed by atoms with E-state index in [1.807, 2.05) is 34.6 Å². The van der Waals surface area contributed by atoms with Crippen molar-refractivity contribution in [3.63, 3.8) is 0 Å². The molecule has 1 amide bonds. The van der Waals surface area contributed by atoms with Crippen molar-refractivity contribution in [1.29, 1.82) is 0 Å². The molecule has 0 aliphatic rings. The molecule has 0 aromatic heterocycles. The maximum atomic E-state index is 12.2. The number of alkyl carbamates (subject to hydrolysis) is 1. The molecule has 0 heterocycles. The highest BCUT2D eigenvalue weighted by Gasteiger charge is 2.30. The first kappa shape index (κ1) is 29.4. The summed E-state index contributed by atoms with van der Waals surface area (Å²) in [6.07, 6.45) is 0.969. The van der Waals surface area contributed by atoms with Crippen molar-refractivity contribution in [2.45, 2.75) is 65.5 Å². The SMILES string of the molecule is CCC(CC)(CNC(=NC)NCCNS(=O)(=O)CC)NC(=O)OC(C)(C)C.I. The number of sulfonamides is 1. The molecule has 0 saturated carbocycles. The summed E-state index contributed by atoms with van der Waals surface area (Å²) in [4.78, 5) is 16.3. The second-order valence-corrected chi connectivity index (χ2v) is 9.36. The molecule has 0 aromatic rings. The monoisotopic (exact) mass is 535 g/mol. The number of rotatable bonds is 10. The van der Waals surface area contributed by atoms with Gasteiger partial charge in [-0.25, -0.2) is 17.9 Å². The maximum absolute atomic E-state index is 12.2. The van der Waals surface area contributed by atoms with Crippen LogP contribution in [0.25, 0.3) is 0 Å². The number of guanidine groups is 1. The lowest BCUT2D eigenvalue weighted by molar-refractivity contribution is 0.0448. The average molecular weight is 535 g/mol. The Bertz CT molecular complexity index is 587. The van der Waals surface area contributed by atoms with E-state index in [-0.39, 0.29) is 36.3 Å². The fourth-order valence-electron chi connectivity index (χ4n) is 2.20. The summed E-state index contributed by atoms with van der Waals surface area (Å²) in [6, 6.07) is 0. The molecule has 0 atom stereocenters. The summed E-state index contributed by atoms with van der Waals surface area (Å²) in [7, 11) is -1.58. The second kappa shape index (κ2) is 13.4. The van der Waals surface area contributed by atoms with E-state index in [9.17, 15) is 13.2 Å². The summed E-state index contributed by atoms with van der Waals surface area (Å²) in [5.74, 6) is 0.578. The Morgan fingerprint density at radius 1 is 1.04 bits per heavy atom. The first-order valence-corrected chi connectivity index (χ1v) is 11.0. The van der Waals surface area contributed by atoms with Crippen molar-refractivity contribution in [3.05, 3.63) is 0 Å². The van der Waals surface area contributed by atoms with Crippen LogP contribution >= 0.6 is 24.0 Å². The van der Waals surface area contributed by atoms with Crippen molar-refractivity contribution >= 4 is 46.1 Å². The fraction of sp³-hybridized carbons (Fsp3) is 0.882. The Kier molecular flexibility index (Phi) is 14.1. The van der Waals surface area contributed by atoms with Gasteiger partial charge in [-0.2, -0.15) is 0 Å². The molecule has 0 saturated heterocycles. The quantitative estimate of drug-likeness (QED) is 0.147.